The Morgan fingerprint density at radius 2 is 2.03 bits per heavy atom. The summed E-state index contributed by atoms with van der Waals surface area (Å²) in [5.41, 5.74) is 2.34. The molecule has 1 atom stereocenters. The van der Waals surface area contributed by atoms with Crippen molar-refractivity contribution in [1.82, 2.24) is 15.5 Å². The average Bonchev–Trinajstić information content (AvgIpc) is 3.27. The van der Waals surface area contributed by atoms with Gasteiger partial charge in [-0.3, -0.25) is 9.89 Å². The van der Waals surface area contributed by atoms with Gasteiger partial charge in [0.15, 0.2) is 5.96 Å². The second-order valence-corrected chi connectivity index (χ2v) is 8.75. The quantitative estimate of drug-likeness (QED) is 0.499. The molecule has 2 N–H and O–H groups in total. The molecule has 3 rings (SSSR count). The van der Waals surface area contributed by atoms with Gasteiger partial charge in [0, 0.05) is 50.9 Å². The van der Waals surface area contributed by atoms with Crippen molar-refractivity contribution in [3.05, 3.63) is 29.3 Å². The molecule has 1 aromatic carbocycles. The largest absolute Gasteiger partial charge is 0.491 e. The molecule has 1 unspecified atom stereocenters. The van der Waals surface area contributed by atoms with Crippen molar-refractivity contribution < 1.29 is 14.2 Å². The van der Waals surface area contributed by atoms with Crippen molar-refractivity contribution in [3.8, 4) is 5.75 Å². The molecule has 7 heteroatoms. The molecule has 2 aliphatic heterocycles. The molecule has 0 aliphatic carbocycles. The maximum absolute atomic E-state index is 6.12. The molecule has 1 aromatic rings. The minimum Gasteiger partial charge on any atom is -0.491 e. The number of hydrogen-bond acceptors (Lipinski definition) is 5. The molecular formula is C23H38N4O3. The Bertz CT molecular complexity index is 696. The Morgan fingerprint density at radius 1 is 1.23 bits per heavy atom. The Kier molecular flexibility index (Phi) is 8.36. The van der Waals surface area contributed by atoms with Crippen LogP contribution in [-0.2, 0) is 16.0 Å². The van der Waals surface area contributed by atoms with Crippen LogP contribution in [0.3, 0.4) is 0 Å². The van der Waals surface area contributed by atoms with Crippen molar-refractivity contribution in [1.29, 1.82) is 0 Å². The highest BCUT2D eigenvalue weighted by molar-refractivity contribution is 5.79. The predicted molar refractivity (Wildman–Crippen MR) is 120 cm³/mol. The fourth-order valence-corrected chi connectivity index (χ4v) is 3.88. The number of nitrogens with zero attached hydrogens (tertiary/aromatic N) is 2. The number of guanidine groups is 1. The van der Waals surface area contributed by atoms with Crippen LogP contribution in [0.5, 0.6) is 5.75 Å². The standard InChI is InChI=1S/C23H38N4O3/c1-18-7-8-19(21(14-18)30-16-20-6-5-11-29-20)15-25-22(24-4)26-17-23(2,3)27-9-12-28-13-10-27/h7-8,14,20H,5-6,9-13,15-17H2,1-4H3,(H2,24,25,26). The van der Waals surface area contributed by atoms with Crippen LogP contribution in [0.4, 0.5) is 0 Å². The lowest BCUT2D eigenvalue weighted by atomic mass is 10.0. The normalized spacial score (nSPS) is 20.9. The molecular weight excluding hydrogens is 380 g/mol. The fourth-order valence-electron chi connectivity index (χ4n) is 3.88. The zero-order valence-corrected chi connectivity index (χ0v) is 19.0. The van der Waals surface area contributed by atoms with Crippen molar-refractivity contribution in [2.45, 2.75) is 51.8 Å². The van der Waals surface area contributed by atoms with E-state index in [1.807, 2.05) is 0 Å². The zero-order chi connectivity index (χ0) is 21.4. The summed E-state index contributed by atoms with van der Waals surface area (Å²) >= 11 is 0. The molecule has 0 spiro atoms. The average molecular weight is 419 g/mol. The maximum Gasteiger partial charge on any atom is 0.191 e. The zero-order valence-electron chi connectivity index (χ0n) is 19.0. The lowest BCUT2D eigenvalue weighted by Gasteiger charge is -2.41. The SMILES string of the molecule is CN=C(NCc1ccc(C)cc1OCC1CCCO1)NCC(C)(C)N1CCOCC1. The Balaban J connectivity index is 1.52. The van der Waals surface area contributed by atoms with E-state index in [1.54, 1.807) is 7.05 Å². The molecule has 30 heavy (non-hydrogen) atoms. The number of aryl methyl sites for hydroxylation is 1. The van der Waals surface area contributed by atoms with Gasteiger partial charge in [0.25, 0.3) is 0 Å². The minimum atomic E-state index is 0.0286. The number of ether oxygens (including phenoxy) is 3. The highest BCUT2D eigenvalue weighted by Crippen LogP contribution is 2.22. The van der Waals surface area contributed by atoms with E-state index in [9.17, 15) is 0 Å². The van der Waals surface area contributed by atoms with Gasteiger partial charge in [-0.15, -0.1) is 0 Å². The van der Waals surface area contributed by atoms with E-state index in [1.165, 1.54) is 5.56 Å². The minimum absolute atomic E-state index is 0.0286. The van der Waals surface area contributed by atoms with Crippen LogP contribution in [0.15, 0.2) is 23.2 Å². The van der Waals surface area contributed by atoms with Crippen LogP contribution in [-0.4, -0.2) is 75.6 Å². The van der Waals surface area contributed by atoms with E-state index >= 15 is 0 Å². The molecule has 0 aromatic heterocycles. The summed E-state index contributed by atoms with van der Waals surface area (Å²) in [6.07, 6.45) is 2.41. The van der Waals surface area contributed by atoms with Gasteiger partial charge in [0.2, 0.25) is 0 Å². The molecule has 0 amide bonds. The molecule has 168 valence electrons. The molecule has 2 heterocycles. The monoisotopic (exact) mass is 418 g/mol. The van der Waals surface area contributed by atoms with Crippen molar-refractivity contribution in [3.63, 3.8) is 0 Å². The summed E-state index contributed by atoms with van der Waals surface area (Å²) in [4.78, 5) is 6.86. The molecule has 0 radical (unpaired) electrons. The first-order valence-corrected chi connectivity index (χ1v) is 11.1. The van der Waals surface area contributed by atoms with Crippen LogP contribution >= 0.6 is 0 Å². The topological polar surface area (TPSA) is 67.4 Å². The first-order valence-electron chi connectivity index (χ1n) is 11.1. The van der Waals surface area contributed by atoms with Crippen LogP contribution in [0.1, 0.15) is 37.8 Å². The highest BCUT2D eigenvalue weighted by atomic mass is 16.5. The third-order valence-corrected chi connectivity index (χ3v) is 5.90. The molecule has 2 fully saturated rings. The van der Waals surface area contributed by atoms with Gasteiger partial charge in [-0.1, -0.05) is 12.1 Å². The van der Waals surface area contributed by atoms with Gasteiger partial charge < -0.3 is 24.8 Å². The molecule has 0 bridgehead atoms. The lowest BCUT2D eigenvalue weighted by Crippen LogP contribution is -2.56. The van der Waals surface area contributed by atoms with Crippen molar-refractivity contribution >= 4 is 5.96 Å². The van der Waals surface area contributed by atoms with E-state index in [2.05, 4.69) is 59.5 Å². The van der Waals surface area contributed by atoms with Crippen LogP contribution in [0.25, 0.3) is 0 Å². The third-order valence-electron chi connectivity index (χ3n) is 5.90. The van der Waals surface area contributed by atoms with Gasteiger partial charge >= 0.3 is 0 Å². The van der Waals surface area contributed by atoms with E-state index in [4.69, 9.17) is 14.2 Å². The van der Waals surface area contributed by atoms with Crippen LogP contribution in [0.2, 0.25) is 0 Å². The number of morpholine rings is 1. The summed E-state index contributed by atoms with van der Waals surface area (Å²) in [7, 11) is 1.81. The van der Waals surface area contributed by atoms with Gasteiger partial charge in [0.1, 0.15) is 12.4 Å². The first-order chi connectivity index (χ1) is 14.5. The summed E-state index contributed by atoms with van der Waals surface area (Å²) in [6.45, 7) is 13.1. The Labute approximate surface area is 181 Å². The van der Waals surface area contributed by atoms with E-state index in [0.717, 1.165) is 69.6 Å². The van der Waals surface area contributed by atoms with Crippen molar-refractivity contribution in [2.75, 3.05) is 53.1 Å². The number of aliphatic imine (C=N–C) groups is 1. The van der Waals surface area contributed by atoms with Crippen LogP contribution in [0, 0.1) is 6.92 Å². The van der Waals surface area contributed by atoms with Gasteiger partial charge in [-0.05, 0) is 45.2 Å². The second-order valence-electron chi connectivity index (χ2n) is 8.75. The molecule has 0 saturated carbocycles. The second kappa shape index (κ2) is 11.0. The predicted octanol–water partition coefficient (Wildman–Crippen LogP) is 2.33. The van der Waals surface area contributed by atoms with E-state index in [-0.39, 0.29) is 11.6 Å². The number of rotatable bonds is 8. The maximum atomic E-state index is 6.12. The van der Waals surface area contributed by atoms with Gasteiger partial charge in [0.05, 0.1) is 19.3 Å². The number of nitrogens with one attached hydrogen (secondary N) is 2. The van der Waals surface area contributed by atoms with E-state index in [0.29, 0.717) is 13.2 Å². The molecule has 2 aliphatic rings. The fraction of sp³-hybridized carbons (Fsp3) is 0.696. The van der Waals surface area contributed by atoms with Crippen molar-refractivity contribution in [2.24, 2.45) is 4.99 Å². The summed E-state index contributed by atoms with van der Waals surface area (Å²) in [5.74, 6) is 1.71. The first kappa shape index (κ1) is 22.8. The number of benzene rings is 1. The Hall–Kier alpha value is -1.83. The van der Waals surface area contributed by atoms with Gasteiger partial charge in [-0.2, -0.15) is 0 Å². The third kappa shape index (κ3) is 6.59. The van der Waals surface area contributed by atoms with E-state index < -0.39 is 0 Å². The van der Waals surface area contributed by atoms with Crippen LogP contribution < -0.4 is 15.4 Å². The summed E-state index contributed by atoms with van der Waals surface area (Å²) < 4.78 is 17.3. The molecule has 7 nitrogen and oxygen atoms in total. The summed E-state index contributed by atoms with van der Waals surface area (Å²) in [5, 5.41) is 6.91. The molecule has 2 saturated heterocycles. The highest BCUT2D eigenvalue weighted by Gasteiger charge is 2.28. The van der Waals surface area contributed by atoms with Gasteiger partial charge in [-0.25, -0.2) is 0 Å². The summed E-state index contributed by atoms with van der Waals surface area (Å²) in [6, 6.07) is 6.34. The lowest BCUT2D eigenvalue weighted by molar-refractivity contribution is -0.00834. The smallest absolute Gasteiger partial charge is 0.191 e. The Morgan fingerprint density at radius 3 is 2.73 bits per heavy atom. The number of hydrogen-bond donors (Lipinski definition) is 2.